The molecule has 0 heterocycles. The van der Waals surface area contributed by atoms with Crippen LogP contribution in [0.2, 0.25) is 0 Å². The van der Waals surface area contributed by atoms with Gasteiger partial charge in [-0.3, -0.25) is 4.79 Å². The topological polar surface area (TPSA) is 73.6 Å². The number of methoxy groups -OCH3 is 1. The Balaban J connectivity index is 2.05. The molecule has 1 saturated carbocycles. The van der Waals surface area contributed by atoms with Gasteiger partial charge in [-0.05, 0) is 44.4 Å². The first-order valence-electron chi connectivity index (χ1n) is 6.91. The Hall–Kier alpha value is -1.75. The van der Waals surface area contributed by atoms with Crippen molar-refractivity contribution < 1.29 is 14.3 Å². The van der Waals surface area contributed by atoms with Crippen molar-refractivity contribution in [2.45, 2.75) is 44.9 Å². The maximum Gasteiger partial charge on any atom is 0.260 e. The quantitative estimate of drug-likeness (QED) is 0.831. The van der Waals surface area contributed by atoms with Gasteiger partial charge in [0.25, 0.3) is 5.91 Å². The van der Waals surface area contributed by atoms with Gasteiger partial charge in [0.15, 0.2) is 17.6 Å². The van der Waals surface area contributed by atoms with E-state index in [4.69, 9.17) is 15.2 Å². The van der Waals surface area contributed by atoms with Crippen molar-refractivity contribution in [1.29, 1.82) is 0 Å². The minimum Gasteiger partial charge on any atom is -0.493 e. The summed E-state index contributed by atoms with van der Waals surface area (Å²) >= 11 is 0. The van der Waals surface area contributed by atoms with E-state index in [1.165, 1.54) is 0 Å². The molecule has 5 heteroatoms. The van der Waals surface area contributed by atoms with E-state index in [0.717, 1.165) is 18.4 Å². The Morgan fingerprint density at radius 2 is 2.05 bits per heavy atom. The fourth-order valence-electron chi connectivity index (χ4n) is 1.85. The van der Waals surface area contributed by atoms with Crippen LogP contribution in [0.15, 0.2) is 18.2 Å². The summed E-state index contributed by atoms with van der Waals surface area (Å²) in [6.45, 7) is 3.64. The summed E-state index contributed by atoms with van der Waals surface area (Å²) in [5, 5.41) is 2.92. The summed E-state index contributed by atoms with van der Waals surface area (Å²) in [5.74, 6) is 1.05. The molecular formula is C15H22N2O3. The largest absolute Gasteiger partial charge is 0.493 e. The molecule has 110 valence electrons. The van der Waals surface area contributed by atoms with Gasteiger partial charge in [0.05, 0.1) is 7.11 Å². The summed E-state index contributed by atoms with van der Waals surface area (Å²) in [6.07, 6.45) is 1.57. The fourth-order valence-corrected chi connectivity index (χ4v) is 1.85. The van der Waals surface area contributed by atoms with Crippen LogP contribution in [0.25, 0.3) is 0 Å². The number of rotatable bonds is 6. The van der Waals surface area contributed by atoms with Gasteiger partial charge >= 0.3 is 0 Å². The van der Waals surface area contributed by atoms with Crippen LogP contribution in [-0.2, 0) is 4.79 Å². The average Bonchev–Trinajstić information content (AvgIpc) is 3.22. The van der Waals surface area contributed by atoms with E-state index in [1.807, 2.05) is 19.1 Å². The van der Waals surface area contributed by atoms with E-state index in [0.29, 0.717) is 17.5 Å². The molecule has 1 aliphatic carbocycles. The van der Waals surface area contributed by atoms with E-state index in [-0.39, 0.29) is 11.9 Å². The molecule has 1 amide bonds. The van der Waals surface area contributed by atoms with Gasteiger partial charge in [0.2, 0.25) is 0 Å². The minimum absolute atomic E-state index is 0.0754. The van der Waals surface area contributed by atoms with Gasteiger partial charge < -0.3 is 20.5 Å². The summed E-state index contributed by atoms with van der Waals surface area (Å²) in [4.78, 5) is 11.9. The van der Waals surface area contributed by atoms with Crippen LogP contribution < -0.4 is 20.5 Å². The van der Waals surface area contributed by atoms with Crippen molar-refractivity contribution in [3.05, 3.63) is 23.8 Å². The van der Waals surface area contributed by atoms with Crippen molar-refractivity contribution in [3.8, 4) is 11.5 Å². The van der Waals surface area contributed by atoms with Gasteiger partial charge in [-0.15, -0.1) is 0 Å². The minimum atomic E-state index is -0.550. The zero-order chi connectivity index (χ0) is 14.7. The van der Waals surface area contributed by atoms with Crippen LogP contribution in [0.1, 0.15) is 38.3 Å². The Morgan fingerprint density at radius 1 is 1.35 bits per heavy atom. The monoisotopic (exact) mass is 278 g/mol. The third kappa shape index (κ3) is 3.63. The smallest absolute Gasteiger partial charge is 0.260 e. The van der Waals surface area contributed by atoms with Crippen molar-refractivity contribution in [2.24, 2.45) is 5.73 Å². The molecule has 2 rings (SSSR count). The Bertz CT molecular complexity index is 484. The van der Waals surface area contributed by atoms with E-state index in [2.05, 4.69) is 5.32 Å². The molecule has 5 nitrogen and oxygen atoms in total. The number of hydrogen-bond donors (Lipinski definition) is 2. The number of nitrogens with two attached hydrogens (primary N) is 1. The van der Waals surface area contributed by atoms with Crippen LogP contribution >= 0.6 is 0 Å². The second-order valence-corrected chi connectivity index (χ2v) is 5.24. The predicted octanol–water partition coefficient (Wildman–Crippen LogP) is 1.76. The maximum absolute atomic E-state index is 11.9. The normalized spacial score (nSPS) is 17.2. The summed E-state index contributed by atoms with van der Waals surface area (Å²) in [5.41, 5.74) is 6.80. The highest BCUT2D eigenvalue weighted by atomic mass is 16.5. The molecule has 1 unspecified atom stereocenters. The second-order valence-electron chi connectivity index (χ2n) is 5.24. The highest BCUT2D eigenvalue weighted by Gasteiger charge is 2.26. The third-order valence-electron chi connectivity index (χ3n) is 3.31. The maximum atomic E-state index is 11.9. The zero-order valence-electron chi connectivity index (χ0n) is 12.2. The summed E-state index contributed by atoms with van der Waals surface area (Å²) in [6, 6.07) is 5.77. The van der Waals surface area contributed by atoms with Crippen LogP contribution in [-0.4, -0.2) is 25.2 Å². The first-order chi connectivity index (χ1) is 9.51. The van der Waals surface area contributed by atoms with Crippen molar-refractivity contribution in [2.75, 3.05) is 7.11 Å². The summed E-state index contributed by atoms with van der Waals surface area (Å²) in [7, 11) is 1.57. The highest BCUT2D eigenvalue weighted by molar-refractivity contribution is 5.81. The molecule has 1 aromatic rings. The Kier molecular flexibility index (Phi) is 4.49. The number of amides is 1. The summed E-state index contributed by atoms with van der Waals surface area (Å²) < 4.78 is 11.0. The number of carbonyl (C=O) groups excluding carboxylic acids is 1. The molecule has 1 aliphatic rings. The van der Waals surface area contributed by atoms with Crippen molar-refractivity contribution >= 4 is 5.91 Å². The molecule has 0 aromatic heterocycles. The molecule has 0 spiro atoms. The molecule has 0 aliphatic heterocycles. The first-order valence-corrected chi connectivity index (χ1v) is 6.91. The van der Waals surface area contributed by atoms with Crippen molar-refractivity contribution in [3.63, 3.8) is 0 Å². The van der Waals surface area contributed by atoms with E-state index in [1.54, 1.807) is 20.1 Å². The van der Waals surface area contributed by atoms with Crippen molar-refractivity contribution in [1.82, 2.24) is 5.32 Å². The molecule has 0 saturated heterocycles. The Morgan fingerprint density at radius 3 is 2.60 bits per heavy atom. The Labute approximate surface area is 119 Å². The zero-order valence-corrected chi connectivity index (χ0v) is 12.2. The molecular weight excluding hydrogens is 256 g/mol. The predicted molar refractivity (Wildman–Crippen MR) is 76.9 cm³/mol. The van der Waals surface area contributed by atoms with E-state index < -0.39 is 6.10 Å². The molecule has 3 N–H and O–H groups in total. The fraction of sp³-hybridized carbons (Fsp3) is 0.533. The lowest BCUT2D eigenvalue weighted by molar-refractivity contribution is -0.127. The van der Waals surface area contributed by atoms with Gasteiger partial charge in [-0.2, -0.15) is 0 Å². The molecule has 20 heavy (non-hydrogen) atoms. The van der Waals surface area contributed by atoms with Crippen LogP contribution in [0.3, 0.4) is 0 Å². The third-order valence-corrected chi connectivity index (χ3v) is 3.31. The molecule has 0 bridgehead atoms. The standard InChI is InChI=1S/C15H22N2O3/c1-9(16)11-4-7-13(14(8-11)19-3)20-10(2)15(18)17-12-5-6-12/h4,7-10,12H,5-6,16H2,1-3H3,(H,17,18)/t9-,10?/m0/s1. The second kappa shape index (κ2) is 6.13. The number of nitrogens with one attached hydrogen (secondary N) is 1. The van der Waals surface area contributed by atoms with Gasteiger partial charge in [0, 0.05) is 12.1 Å². The lowest BCUT2D eigenvalue weighted by atomic mass is 10.1. The lowest BCUT2D eigenvalue weighted by Crippen LogP contribution is -2.37. The number of hydrogen-bond acceptors (Lipinski definition) is 4. The molecule has 0 radical (unpaired) electrons. The van der Waals surface area contributed by atoms with Gasteiger partial charge in [-0.25, -0.2) is 0 Å². The van der Waals surface area contributed by atoms with Crippen LogP contribution in [0, 0.1) is 0 Å². The molecule has 2 atom stereocenters. The lowest BCUT2D eigenvalue weighted by Gasteiger charge is -2.18. The van der Waals surface area contributed by atoms with Crippen LogP contribution in [0.5, 0.6) is 11.5 Å². The highest BCUT2D eigenvalue weighted by Crippen LogP contribution is 2.30. The average molecular weight is 278 g/mol. The van der Waals surface area contributed by atoms with Crippen LogP contribution in [0.4, 0.5) is 0 Å². The number of benzene rings is 1. The SMILES string of the molecule is COc1cc([C@H](C)N)ccc1OC(C)C(=O)NC1CC1. The number of carbonyl (C=O) groups is 1. The molecule has 1 fully saturated rings. The van der Waals surface area contributed by atoms with E-state index in [9.17, 15) is 4.79 Å². The molecule has 1 aromatic carbocycles. The first kappa shape index (κ1) is 14.7. The van der Waals surface area contributed by atoms with Gasteiger partial charge in [-0.1, -0.05) is 6.07 Å². The number of ether oxygens (including phenoxy) is 2. The van der Waals surface area contributed by atoms with E-state index >= 15 is 0 Å². The van der Waals surface area contributed by atoms with Gasteiger partial charge in [0.1, 0.15) is 0 Å².